The van der Waals surface area contributed by atoms with Crippen LogP contribution in [0.15, 0.2) is 30.6 Å². The molecule has 1 aromatic heterocycles. The summed E-state index contributed by atoms with van der Waals surface area (Å²) in [6, 6.07) is 8.48. The number of nitriles is 1. The highest BCUT2D eigenvalue weighted by Gasteiger charge is 2.28. The zero-order valence-electron chi connectivity index (χ0n) is 11.0. The summed E-state index contributed by atoms with van der Waals surface area (Å²) >= 11 is 0. The van der Waals surface area contributed by atoms with Crippen molar-refractivity contribution in [2.45, 2.75) is 26.2 Å². The second kappa shape index (κ2) is 4.20. The Kier molecular flexibility index (Phi) is 2.36. The first kappa shape index (κ1) is 11.2. The average molecular weight is 263 g/mol. The van der Waals surface area contributed by atoms with Crippen molar-refractivity contribution in [3.05, 3.63) is 53.0 Å². The van der Waals surface area contributed by atoms with Crippen LogP contribution in [0.3, 0.4) is 0 Å². The summed E-state index contributed by atoms with van der Waals surface area (Å²) in [5, 5.41) is 9.05. The molecule has 5 heteroatoms. The van der Waals surface area contributed by atoms with Crippen LogP contribution in [0.25, 0.3) is 0 Å². The monoisotopic (exact) mass is 263 g/mol. The maximum atomic E-state index is 9.05. The van der Waals surface area contributed by atoms with Crippen molar-refractivity contribution >= 4 is 5.82 Å². The third kappa shape index (κ3) is 1.62. The Balaban J connectivity index is 1.70. The molecule has 98 valence electrons. The van der Waals surface area contributed by atoms with E-state index in [0.717, 1.165) is 30.2 Å². The van der Waals surface area contributed by atoms with Crippen LogP contribution in [-0.4, -0.2) is 14.9 Å². The smallest absolute Gasteiger partial charge is 0.180 e. The number of nitrogens with zero attached hydrogens (tertiary/aromatic N) is 5. The van der Waals surface area contributed by atoms with Crippen molar-refractivity contribution in [2.24, 2.45) is 0 Å². The minimum atomic E-state index is 0.599. The third-order valence-electron chi connectivity index (χ3n) is 3.98. The normalized spacial score (nSPS) is 15.9. The van der Waals surface area contributed by atoms with Crippen molar-refractivity contribution in [3.8, 4) is 6.19 Å². The van der Waals surface area contributed by atoms with Gasteiger partial charge in [-0.3, -0.25) is 0 Å². The highest BCUT2D eigenvalue weighted by atomic mass is 15.2. The summed E-state index contributed by atoms with van der Waals surface area (Å²) in [6.07, 6.45) is 3.80. The lowest BCUT2D eigenvalue weighted by Gasteiger charge is -2.19. The van der Waals surface area contributed by atoms with E-state index in [4.69, 9.17) is 5.26 Å². The number of rotatable bonds is 1. The molecule has 0 aliphatic carbocycles. The molecule has 2 aromatic rings. The lowest BCUT2D eigenvalue weighted by Crippen LogP contribution is -2.18. The minimum absolute atomic E-state index is 0.599. The van der Waals surface area contributed by atoms with E-state index in [1.54, 1.807) is 11.2 Å². The molecular weight excluding hydrogens is 250 g/mol. The quantitative estimate of drug-likeness (QED) is 0.734. The number of hydrogen-bond donors (Lipinski definition) is 0. The van der Waals surface area contributed by atoms with E-state index in [0.29, 0.717) is 13.1 Å². The largest absolute Gasteiger partial charge is 0.348 e. The maximum absolute atomic E-state index is 9.05. The molecule has 0 fully saturated rings. The molecule has 3 heterocycles. The van der Waals surface area contributed by atoms with Crippen LogP contribution in [0.2, 0.25) is 0 Å². The van der Waals surface area contributed by atoms with Crippen LogP contribution in [-0.2, 0) is 26.2 Å². The van der Waals surface area contributed by atoms with E-state index in [1.165, 1.54) is 11.1 Å². The van der Waals surface area contributed by atoms with Gasteiger partial charge in [-0.1, -0.05) is 24.3 Å². The fraction of sp³-hybridized carbons (Fsp3) is 0.267. The molecule has 4 rings (SSSR count). The Morgan fingerprint density at radius 2 is 1.75 bits per heavy atom. The van der Waals surface area contributed by atoms with E-state index in [1.807, 2.05) is 0 Å². The fourth-order valence-electron chi connectivity index (χ4n) is 2.99. The van der Waals surface area contributed by atoms with Crippen LogP contribution in [0, 0.1) is 11.5 Å². The first-order valence-corrected chi connectivity index (χ1v) is 6.64. The number of anilines is 1. The lowest BCUT2D eigenvalue weighted by atomic mass is 10.1. The summed E-state index contributed by atoms with van der Waals surface area (Å²) in [7, 11) is 0. The predicted octanol–water partition coefficient (Wildman–Crippen LogP) is 1.79. The molecule has 0 saturated carbocycles. The molecular formula is C15H13N5. The van der Waals surface area contributed by atoms with Gasteiger partial charge >= 0.3 is 0 Å². The van der Waals surface area contributed by atoms with Crippen LogP contribution in [0.5, 0.6) is 0 Å². The van der Waals surface area contributed by atoms with Crippen LogP contribution >= 0.6 is 0 Å². The van der Waals surface area contributed by atoms with Gasteiger partial charge in [-0.05, 0) is 11.1 Å². The van der Waals surface area contributed by atoms with Gasteiger partial charge in [-0.2, -0.15) is 5.26 Å². The molecule has 2 aliphatic heterocycles. The van der Waals surface area contributed by atoms with Crippen LogP contribution in [0.4, 0.5) is 5.82 Å². The van der Waals surface area contributed by atoms with Gasteiger partial charge in [0, 0.05) is 18.7 Å². The Labute approximate surface area is 117 Å². The topological polar surface area (TPSA) is 56.1 Å². The van der Waals surface area contributed by atoms with E-state index >= 15 is 0 Å². The number of fused-ring (bicyclic) bond motifs is 2. The van der Waals surface area contributed by atoms with Gasteiger partial charge in [-0.15, -0.1) is 0 Å². The van der Waals surface area contributed by atoms with Gasteiger partial charge in [0.2, 0.25) is 0 Å². The van der Waals surface area contributed by atoms with Gasteiger partial charge < -0.3 is 9.80 Å². The molecule has 2 aliphatic rings. The molecule has 0 radical (unpaired) electrons. The molecule has 0 saturated heterocycles. The molecule has 5 nitrogen and oxygen atoms in total. The average Bonchev–Trinajstić information content (AvgIpc) is 3.09. The summed E-state index contributed by atoms with van der Waals surface area (Å²) < 4.78 is 0. The number of hydrogen-bond acceptors (Lipinski definition) is 5. The molecule has 0 unspecified atom stereocenters. The highest BCUT2D eigenvalue weighted by Crippen LogP contribution is 2.33. The van der Waals surface area contributed by atoms with Crippen molar-refractivity contribution in [2.75, 3.05) is 4.90 Å². The first-order chi connectivity index (χ1) is 9.85. The van der Waals surface area contributed by atoms with Gasteiger partial charge in [0.1, 0.15) is 12.1 Å². The fourth-order valence-corrected chi connectivity index (χ4v) is 2.99. The Hall–Kier alpha value is -2.61. The van der Waals surface area contributed by atoms with E-state index in [9.17, 15) is 0 Å². The molecule has 0 bridgehead atoms. The molecule has 0 amide bonds. The maximum Gasteiger partial charge on any atom is 0.180 e. The summed E-state index contributed by atoms with van der Waals surface area (Å²) in [4.78, 5) is 12.8. The second-order valence-corrected chi connectivity index (χ2v) is 5.20. The first-order valence-electron chi connectivity index (χ1n) is 6.64. The summed E-state index contributed by atoms with van der Waals surface area (Å²) in [5.41, 5.74) is 4.79. The van der Waals surface area contributed by atoms with Gasteiger partial charge in [0.15, 0.2) is 6.19 Å². The van der Waals surface area contributed by atoms with Crippen LogP contribution < -0.4 is 4.90 Å². The van der Waals surface area contributed by atoms with Gasteiger partial charge in [-0.25, -0.2) is 9.97 Å². The molecule has 0 spiro atoms. The molecule has 1 aromatic carbocycles. The SMILES string of the molecule is N#CN1Cc2ncnc(N3Cc4ccccc4C3)c2C1. The van der Waals surface area contributed by atoms with E-state index in [2.05, 4.69) is 45.3 Å². The second-order valence-electron chi connectivity index (χ2n) is 5.20. The van der Waals surface area contributed by atoms with Crippen molar-refractivity contribution < 1.29 is 0 Å². The predicted molar refractivity (Wildman–Crippen MR) is 73.2 cm³/mol. The Morgan fingerprint density at radius 3 is 2.45 bits per heavy atom. The summed E-state index contributed by atoms with van der Waals surface area (Å²) in [6.45, 7) is 2.98. The number of aromatic nitrogens is 2. The highest BCUT2D eigenvalue weighted by molar-refractivity contribution is 5.54. The summed E-state index contributed by atoms with van der Waals surface area (Å²) in [5.74, 6) is 0.976. The molecule has 20 heavy (non-hydrogen) atoms. The van der Waals surface area contributed by atoms with E-state index in [-0.39, 0.29) is 0 Å². The van der Waals surface area contributed by atoms with Crippen molar-refractivity contribution in [1.29, 1.82) is 5.26 Å². The van der Waals surface area contributed by atoms with Crippen molar-refractivity contribution in [3.63, 3.8) is 0 Å². The lowest BCUT2D eigenvalue weighted by molar-refractivity contribution is 0.415. The Morgan fingerprint density at radius 1 is 1.00 bits per heavy atom. The van der Waals surface area contributed by atoms with Crippen molar-refractivity contribution in [1.82, 2.24) is 14.9 Å². The molecule has 0 N–H and O–H groups in total. The Bertz CT molecular complexity index is 693. The standard InChI is InChI=1S/C15H13N5/c16-9-19-7-13-14(8-19)17-10-18-15(13)20-5-11-3-1-2-4-12(11)6-20/h1-4,10H,5-8H2. The third-order valence-corrected chi connectivity index (χ3v) is 3.98. The minimum Gasteiger partial charge on any atom is -0.348 e. The van der Waals surface area contributed by atoms with Gasteiger partial charge in [0.05, 0.1) is 18.8 Å². The van der Waals surface area contributed by atoms with Gasteiger partial charge in [0.25, 0.3) is 0 Å². The zero-order valence-corrected chi connectivity index (χ0v) is 11.0. The zero-order chi connectivity index (χ0) is 13.5. The van der Waals surface area contributed by atoms with Crippen LogP contribution in [0.1, 0.15) is 22.4 Å². The number of benzene rings is 1. The molecule has 0 atom stereocenters. The van der Waals surface area contributed by atoms with E-state index < -0.39 is 0 Å².